The van der Waals surface area contributed by atoms with Crippen molar-refractivity contribution in [1.29, 1.82) is 10.5 Å². The summed E-state index contributed by atoms with van der Waals surface area (Å²) in [6.07, 6.45) is 1.81. The van der Waals surface area contributed by atoms with Gasteiger partial charge in [0.25, 0.3) is 0 Å². The largest absolute Gasteiger partial charge is 0.496 e. The second-order valence-corrected chi connectivity index (χ2v) is 5.60. The highest BCUT2D eigenvalue weighted by atomic mass is 16.5. The van der Waals surface area contributed by atoms with Gasteiger partial charge >= 0.3 is 0 Å². The molecule has 26 heavy (non-hydrogen) atoms. The van der Waals surface area contributed by atoms with Crippen molar-refractivity contribution in [1.82, 2.24) is 10.3 Å². The number of ether oxygens (including phenoxy) is 1. The maximum Gasteiger partial charge on any atom is 0.211 e. The van der Waals surface area contributed by atoms with Gasteiger partial charge in [-0.1, -0.05) is 18.2 Å². The first kappa shape index (κ1) is 16.9. The van der Waals surface area contributed by atoms with Crippen LogP contribution in [0, 0.1) is 29.7 Å². The highest BCUT2D eigenvalue weighted by molar-refractivity contribution is 5.98. The molecule has 0 amide bonds. The number of nitrogens with two attached hydrogens (primary N) is 2. The Bertz CT molecular complexity index is 999. The summed E-state index contributed by atoms with van der Waals surface area (Å²) < 4.78 is 5.53. The lowest BCUT2D eigenvalue weighted by Crippen LogP contribution is -2.33. The maximum atomic E-state index is 9.35. The summed E-state index contributed by atoms with van der Waals surface area (Å²) in [7, 11) is 1.57. The molecule has 1 aliphatic rings. The van der Waals surface area contributed by atoms with Crippen LogP contribution in [0.15, 0.2) is 23.2 Å². The van der Waals surface area contributed by atoms with Crippen LogP contribution in [0.25, 0.3) is 0 Å². The summed E-state index contributed by atoms with van der Waals surface area (Å²) in [6, 6.07) is 6.97. The standard InChI is InChI=1S/C17H16N8O/c1-8-4-3-5-9(14(8)26-2)13-11-12(20)10(6-18)15(21)24-16(11)25-17(23-13)22-7-19/h3-5,13H,1-2H3,(H6,20,21,22,23,24,25). The third kappa shape index (κ3) is 2.58. The number of nitrogen functional groups attached to an aromatic ring is 2. The lowest BCUT2D eigenvalue weighted by Gasteiger charge is -2.27. The normalized spacial score (nSPS) is 14.9. The number of benzene rings is 1. The molecule has 1 atom stereocenters. The second-order valence-electron chi connectivity index (χ2n) is 5.60. The molecule has 0 radical (unpaired) electrons. The Hall–Kier alpha value is -3.98. The van der Waals surface area contributed by atoms with E-state index in [0.717, 1.165) is 11.1 Å². The first-order chi connectivity index (χ1) is 12.5. The quantitative estimate of drug-likeness (QED) is 0.468. The molecule has 0 bridgehead atoms. The van der Waals surface area contributed by atoms with E-state index in [9.17, 15) is 5.26 Å². The predicted molar refractivity (Wildman–Crippen MR) is 97.2 cm³/mol. The minimum absolute atomic E-state index is 0.00409. The fourth-order valence-corrected chi connectivity index (χ4v) is 2.98. The molecular weight excluding hydrogens is 332 g/mol. The Morgan fingerprint density at radius 1 is 1.31 bits per heavy atom. The SMILES string of the molecule is COc1c(C)cccc1C1N=C(NC#N)Nc2nc(N)c(C#N)c(N)c21. The Kier molecular flexibility index (Phi) is 4.21. The zero-order valence-corrected chi connectivity index (χ0v) is 14.2. The molecular formula is C17H16N8O. The van der Waals surface area contributed by atoms with E-state index in [4.69, 9.17) is 21.5 Å². The molecule has 0 saturated carbocycles. The van der Waals surface area contributed by atoms with E-state index < -0.39 is 6.04 Å². The Morgan fingerprint density at radius 3 is 2.73 bits per heavy atom. The number of hydrogen-bond donors (Lipinski definition) is 4. The summed E-state index contributed by atoms with van der Waals surface area (Å²) in [5, 5.41) is 23.6. The van der Waals surface area contributed by atoms with Crippen LogP contribution in [-0.2, 0) is 0 Å². The lowest BCUT2D eigenvalue weighted by molar-refractivity contribution is 0.404. The molecule has 2 aromatic rings. The van der Waals surface area contributed by atoms with Gasteiger partial charge in [0, 0.05) is 11.1 Å². The minimum Gasteiger partial charge on any atom is -0.496 e. The van der Waals surface area contributed by atoms with Crippen molar-refractivity contribution in [3.63, 3.8) is 0 Å². The van der Waals surface area contributed by atoms with Gasteiger partial charge < -0.3 is 21.5 Å². The van der Waals surface area contributed by atoms with Crippen molar-refractivity contribution in [3.8, 4) is 18.0 Å². The molecule has 0 spiro atoms. The van der Waals surface area contributed by atoms with Gasteiger partial charge in [0.05, 0.1) is 12.8 Å². The number of nitrogens with one attached hydrogen (secondary N) is 2. The van der Waals surface area contributed by atoms with Crippen molar-refractivity contribution in [3.05, 3.63) is 40.5 Å². The molecule has 0 fully saturated rings. The molecule has 6 N–H and O–H groups in total. The number of aromatic nitrogens is 1. The van der Waals surface area contributed by atoms with Crippen molar-refractivity contribution in [2.24, 2.45) is 4.99 Å². The Morgan fingerprint density at radius 2 is 2.08 bits per heavy atom. The van der Waals surface area contributed by atoms with E-state index in [1.807, 2.05) is 37.4 Å². The van der Waals surface area contributed by atoms with Gasteiger partial charge in [-0.2, -0.15) is 10.5 Å². The summed E-state index contributed by atoms with van der Waals surface area (Å²) in [5.41, 5.74) is 14.5. The van der Waals surface area contributed by atoms with Gasteiger partial charge in [-0.3, -0.25) is 5.32 Å². The van der Waals surface area contributed by atoms with Gasteiger partial charge in [0.15, 0.2) is 6.19 Å². The maximum absolute atomic E-state index is 9.35. The van der Waals surface area contributed by atoms with E-state index in [2.05, 4.69) is 20.6 Å². The van der Waals surface area contributed by atoms with Crippen molar-refractivity contribution in [2.45, 2.75) is 13.0 Å². The average molecular weight is 348 g/mol. The third-order valence-electron chi connectivity index (χ3n) is 4.10. The van der Waals surface area contributed by atoms with E-state index >= 15 is 0 Å². The van der Waals surface area contributed by atoms with Crippen LogP contribution in [0.2, 0.25) is 0 Å². The molecule has 2 heterocycles. The van der Waals surface area contributed by atoms with Crippen molar-refractivity contribution in [2.75, 3.05) is 23.9 Å². The Labute approximate surface area is 149 Å². The number of pyridine rings is 1. The van der Waals surface area contributed by atoms with Gasteiger partial charge in [-0.15, -0.1) is 0 Å². The molecule has 3 rings (SSSR count). The molecule has 1 aliphatic heterocycles. The zero-order chi connectivity index (χ0) is 18.8. The molecule has 130 valence electrons. The number of nitriles is 2. The number of anilines is 3. The van der Waals surface area contributed by atoms with E-state index in [1.165, 1.54) is 0 Å². The molecule has 0 aliphatic carbocycles. The number of aliphatic imine (C=N–C) groups is 1. The topological polar surface area (TPSA) is 158 Å². The number of fused-ring (bicyclic) bond motifs is 1. The number of hydrogen-bond acceptors (Lipinski definition) is 9. The van der Waals surface area contributed by atoms with Crippen LogP contribution in [0.5, 0.6) is 5.75 Å². The molecule has 1 aromatic carbocycles. The van der Waals surface area contributed by atoms with Crippen LogP contribution in [0.4, 0.5) is 17.3 Å². The number of methoxy groups -OCH3 is 1. The summed E-state index contributed by atoms with van der Waals surface area (Å²) >= 11 is 0. The van der Waals surface area contributed by atoms with E-state index in [-0.39, 0.29) is 23.0 Å². The smallest absolute Gasteiger partial charge is 0.211 e. The van der Waals surface area contributed by atoms with Gasteiger partial charge in [0.2, 0.25) is 5.96 Å². The Balaban J connectivity index is 2.31. The first-order valence-corrected chi connectivity index (χ1v) is 7.64. The lowest BCUT2D eigenvalue weighted by atomic mass is 9.93. The van der Waals surface area contributed by atoms with Gasteiger partial charge in [-0.05, 0) is 12.5 Å². The monoisotopic (exact) mass is 348 g/mol. The summed E-state index contributed by atoms with van der Waals surface area (Å²) in [6.45, 7) is 1.91. The predicted octanol–water partition coefficient (Wildman–Crippen LogP) is 1.38. The third-order valence-corrected chi connectivity index (χ3v) is 4.10. The molecule has 1 unspecified atom stereocenters. The van der Waals surface area contributed by atoms with Crippen LogP contribution in [-0.4, -0.2) is 18.1 Å². The molecule has 0 saturated heterocycles. The van der Waals surface area contributed by atoms with E-state index in [0.29, 0.717) is 17.1 Å². The van der Waals surface area contributed by atoms with Crippen LogP contribution < -0.4 is 26.8 Å². The van der Waals surface area contributed by atoms with E-state index in [1.54, 1.807) is 7.11 Å². The summed E-state index contributed by atoms with van der Waals surface area (Å²) in [5.74, 6) is 1.18. The summed E-state index contributed by atoms with van der Waals surface area (Å²) in [4.78, 5) is 8.75. The second kappa shape index (κ2) is 6.49. The number of para-hydroxylation sites is 1. The van der Waals surface area contributed by atoms with Crippen molar-refractivity contribution >= 4 is 23.3 Å². The molecule has 9 nitrogen and oxygen atoms in total. The zero-order valence-electron chi connectivity index (χ0n) is 14.2. The fraction of sp³-hybridized carbons (Fsp3) is 0.176. The average Bonchev–Trinajstić information content (AvgIpc) is 2.61. The number of nitrogens with zero attached hydrogens (tertiary/aromatic N) is 4. The van der Waals surface area contributed by atoms with Crippen LogP contribution in [0.3, 0.4) is 0 Å². The first-order valence-electron chi connectivity index (χ1n) is 7.64. The van der Waals surface area contributed by atoms with Crippen molar-refractivity contribution < 1.29 is 4.74 Å². The highest BCUT2D eigenvalue weighted by Gasteiger charge is 2.31. The number of guanidine groups is 1. The molecule has 9 heteroatoms. The number of rotatable bonds is 2. The van der Waals surface area contributed by atoms with Crippen LogP contribution >= 0.6 is 0 Å². The minimum atomic E-state index is -0.628. The van der Waals surface area contributed by atoms with Crippen LogP contribution in [0.1, 0.15) is 28.3 Å². The van der Waals surface area contributed by atoms with Gasteiger partial charge in [-0.25, -0.2) is 9.98 Å². The fourth-order valence-electron chi connectivity index (χ4n) is 2.98. The highest BCUT2D eigenvalue weighted by Crippen LogP contribution is 2.43. The van der Waals surface area contributed by atoms with Gasteiger partial charge in [0.1, 0.15) is 35.1 Å². The molecule has 1 aromatic heterocycles. The number of aryl methyl sites for hydroxylation is 1.